The smallest absolute Gasteiger partial charge is 0.303 e. The summed E-state index contributed by atoms with van der Waals surface area (Å²) in [5.74, 6) is -0.674. The number of hydrogen-bond acceptors (Lipinski definition) is 2. The van der Waals surface area contributed by atoms with Crippen LogP contribution in [0.4, 0.5) is 0 Å². The number of aliphatic carboxylic acids is 1. The van der Waals surface area contributed by atoms with Crippen LogP contribution in [-0.4, -0.2) is 25.5 Å². The summed E-state index contributed by atoms with van der Waals surface area (Å²) in [6.07, 6.45) is 19.3. The normalized spacial score (nSPS) is 13.9. The lowest BCUT2D eigenvalue weighted by atomic mass is 10.1. The second-order valence-corrected chi connectivity index (χ2v) is 14.5. The Kier molecular flexibility index (Phi) is 14.9. The van der Waals surface area contributed by atoms with Crippen molar-refractivity contribution in [2.75, 3.05) is 0 Å². The molecule has 0 saturated carbocycles. The number of carbonyl (C=O) groups is 1. The summed E-state index contributed by atoms with van der Waals surface area (Å²) in [5, 5.41) is 8.90. The monoisotopic (exact) mass is 412 g/mol. The molecule has 1 unspecified atom stereocenters. The Morgan fingerprint density at radius 1 is 0.964 bits per heavy atom. The Morgan fingerprint density at radius 3 is 2.18 bits per heavy atom. The van der Waals surface area contributed by atoms with Gasteiger partial charge >= 0.3 is 5.97 Å². The molecule has 0 radical (unpaired) electrons. The Morgan fingerprint density at radius 2 is 1.57 bits per heavy atom. The van der Waals surface area contributed by atoms with Gasteiger partial charge in [-0.15, -0.1) is 0 Å². The maximum atomic E-state index is 10.5. The topological polar surface area (TPSA) is 46.5 Å². The fraction of sp³-hybridized carbons (Fsp3) is 0.875. The van der Waals surface area contributed by atoms with E-state index in [1.54, 1.807) is 0 Å². The summed E-state index contributed by atoms with van der Waals surface area (Å²) in [4.78, 5) is 10.5. The van der Waals surface area contributed by atoms with E-state index in [9.17, 15) is 4.79 Å². The number of rotatable bonds is 17. The van der Waals surface area contributed by atoms with E-state index < -0.39 is 14.3 Å². The molecule has 0 spiro atoms. The molecule has 0 fully saturated rings. The summed E-state index contributed by atoms with van der Waals surface area (Å²) in [6.45, 7) is 13.9. The molecule has 0 heterocycles. The first-order chi connectivity index (χ1) is 13.1. The van der Waals surface area contributed by atoms with Crippen molar-refractivity contribution in [2.45, 2.75) is 135 Å². The third kappa shape index (κ3) is 14.4. The van der Waals surface area contributed by atoms with Gasteiger partial charge in [0.1, 0.15) is 0 Å². The van der Waals surface area contributed by atoms with Gasteiger partial charge < -0.3 is 9.53 Å². The van der Waals surface area contributed by atoms with Crippen LogP contribution in [0.1, 0.15) is 111 Å². The molecule has 0 aromatic rings. The van der Waals surface area contributed by atoms with Crippen LogP contribution in [0.5, 0.6) is 0 Å². The Labute approximate surface area is 176 Å². The van der Waals surface area contributed by atoms with Crippen LogP contribution >= 0.6 is 0 Å². The highest BCUT2D eigenvalue weighted by atomic mass is 28.4. The van der Waals surface area contributed by atoms with Gasteiger partial charge in [0.05, 0.1) is 0 Å². The summed E-state index contributed by atoms with van der Waals surface area (Å²) < 4.78 is 6.71. The van der Waals surface area contributed by atoms with Gasteiger partial charge in [-0.2, -0.15) is 0 Å². The van der Waals surface area contributed by atoms with Crippen LogP contribution in [-0.2, 0) is 9.22 Å². The minimum absolute atomic E-state index is 0.263. The molecule has 0 aromatic heterocycles. The lowest BCUT2D eigenvalue weighted by molar-refractivity contribution is -0.137. The first kappa shape index (κ1) is 27.4. The van der Waals surface area contributed by atoms with Crippen LogP contribution in [0.15, 0.2) is 12.2 Å². The zero-order valence-electron chi connectivity index (χ0n) is 19.7. The summed E-state index contributed by atoms with van der Waals surface area (Å²) in [7, 11) is -1.71. The van der Waals surface area contributed by atoms with E-state index in [1.165, 1.54) is 44.9 Å². The molecular formula is C24H48O3Si. The van der Waals surface area contributed by atoms with E-state index in [2.05, 4.69) is 52.9 Å². The largest absolute Gasteiger partial charge is 0.481 e. The lowest BCUT2D eigenvalue weighted by Crippen LogP contribution is -2.43. The molecule has 0 aliphatic rings. The number of allylic oxidation sites excluding steroid dienone is 1. The standard InChI is InChI=1S/C24H48O3Si/c1-7-8-9-16-19-22(27-28(5,6)24(2,3)4)20-17-14-12-10-11-13-15-18-21-23(25)26/h14,17,22H,7-13,15-16,18-21H2,1-6H3,(H,25,26)/b17-14-. The zero-order valence-corrected chi connectivity index (χ0v) is 20.7. The van der Waals surface area contributed by atoms with Crippen LogP contribution in [0.3, 0.4) is 0 Å². The molecule has 0 bridgehead atoms. The van der Waals surface area contributed by atoms with E-state index in [1.807, 2.05) is 0 Å². The number of hydrogen-bond donors (Lipinski definition) is 1. The lowest BCUT2D eigenvalue weighted by Gasteiger charge is -2.39. The van der Waals surface area contributed by atoms with Gasteiger partial charge in [-0.25, -0.2) is 0 Å². The van der Waals surface area contributed by atoms with E-state index >= 15 is 0 Å². The second kappa shape index (κ2) is 15.3. The molecule has 0 aliphatic carbocycles. The van der Waals surface area contributed by atoms with Crippen molar-refractivity contribution < 1.29 is 14.3 Å². The second-order valence-electron chi connectivity index (χ2n) is 9.76. The Bertz CT molecular complexity index is 424. The van der Waals surface area contributed by atoms with Gasteiger partial charge in [0.15, 0.2) is 8.32 Å². The highest BCUT2D eigenvalue weighted by Gasteiger charge is 2.38. The van der Waals surface area contributed by atoms with Crippen molar-refractivity contribution in [1.82, 2.24) is 0 Å². The summed E-state index contributed by atoms with van der Waals surface area (Å²) in [6, 6.07) is 0. The zero-order chi connectivity index (χ0) is 21.5. The predicted octanol–water partition coefficient (Wildman–Crippen LogP) is 8.11. The van der Waals surface area contributed by atoms with Crippen molar-refractivity contribution in [1.29, 1.82) is 0 Å². The highest BCUT2D eigenvalue weighted by molar-refractivity contribution is 6.74. The molecular weight excluding hydrogens is 364 g/mol. The van der Waals surface area contributed by atoms with Crippen molar-refractivity contribution in [3.8, 4) is 0 Å². The van der Waals surface area contributed by atoms with Crippen LogP contribution in [0.25, 0.3) is 0 Å². The van der Waals surface area contributed by atoms with E-state index in [0.29, 0.717) is 12.5 Å². The maximum Gasteiger partial charge on any atom is 0.303 e. The van der Waals surface area contributed by atoms with Gasteiger partial charge in [-0.1, -0.05) is 84.8 Å². The van der Waals surface area contributed by atoms with Crippen molar-refractivity contribution in [3.63, 3.8) is 0 Å². The quantitative estimate of drug-likeness (QED) is 0.149. The van der Waals surface area contributed by atoms with Crippen LogP contribution in [0, 0.1) is 0 Å². The van der Waals surface area contributed by atoms with Gasteiger partial charge in [0.2, 0.25) is 0 Å². The van der Waals surface area contributed by atoms with Crippen LogP contribution < -0.4 is 0 Å². The van der Waals surface area contributed by atoms with Crippen molar-refractivity contribution >= 4 is 14.3 Å². The average molecular weight is 413 g/mol. The van der Waals surface area contributed by atoms with Gasteiger partial charge in [-0.3, -0.25) is 4.79 Å². The summed E-state index contributed by atoms with van der Waals surface area (Å²) >= 11 is 0. The van der Waals surface area contributed by atoms with E-state index in [-0.39, 0.29) is 5.04 Å². The first-order valence-corrected chi connectivity index (χ1v) is 14.6. The molecule has 166 valence electrons. The van der Waals surface area contributed by atoms with Crippen molar-refractivity contribution in [3.05, 3.63) is 12.2 Å². The maximum absolute atomic E-state index is 10.5. The fourth-order valence-corrected chi connectivity index (χ4v) is 4.45. The van der Waals surface area contributed by atoms with Crippen molar-refractivity contribution in [2.24, 2.45) is 0 Å². The summed E-state index contributed by atoms with van der Waals surface area (Å²) in [5.41, 5.74) is 0. The Hall–Kier alpha value is -0.613. The molecule has 0 saturated heterocycles. The van der Waals surface area contributed by atoms with Gasteiger partial charge in [-0.05, 0) is 50.2 Å². The number of carboxylic acids is 1. The minimum atomic E-state index is -1.71. The van der Waals surface area contributed by atoms with E-state index in [4.69, 9.17) is 9.53 Å². The SMILES string of the molecule is CCCCCCC(C/C=C\CCCCCCCC(=O)O)O[Si](C)(C)C(C)(C)C. The molecule has 1 N–H and O–H groups in total. The molecule has 0 aromatic carbocycles. The first-order valence-electron chi connectivity index (χ1n) is 11.6. The fourth-order valence-electron chi connectivity index (χ4n) is 3.05. The molecule has 3 nitrogen and oxygen atoms in total. The molecule has 0 aliphatic heterocycles. The molecule has 0 rings (SSSR count). The third-order valence-electron chi connectivity index (χ3n) is 5.97. The predicted molar refractivity (Wildman–Crippen MR) is 125 cm³/mol. The van der Waals surface area contributed by atoms with Gasteiger partial charge in [0, 0.05) is 12.5 Å². The number of unbranched alkanes of at least 4 members (excludes halogenated alkanes) is 8. The molecule has 28 heavy (non-hydrogen) atoms. The Balaban J connectivity index is 4.21. The van der Waals surface area contributed by atoms with Gasteiger partial charge in [0.25, 0.3) is 0 Å². The highest BCUT2D eigenvalue weighted by Crippen LogP contribution is 2.38. The third-order valence-corrected chi connectivity index (χ3v) is 10.5. The molecule has 0 amide bonds. The average Bonchev–Trinajstić information content (AvgIpc) is 2.58. The molecule has 4 heteroatoms. The number of carboxylic acid groups (broad SMARTS) is 1. The van der Waals surface area contributed by atoms with Crippen LogP contribution in [0.2, 0.25) is 18.1 Å². The van der Waals surface area contributed by atoms with E-state index in [0.717, 1.165) is 32.1 Å². The minimum Gasteiger partial charge on any atom is -0.481 e. The molecule has 1 atom stereocenters.